The van der Waals surface area contributed by atoms with Gasteiger partial charge in [0, 0.05) is 28.5 Å². The Bertz CT molecular complexity index is 438. The molecule has 1 aromatic carbocycles. The van der Waals surface area contributed by atoms with Gasteiger partial charge in [-0.1, -0.05) is 29.3 Å². The molecular formula is C14H21Cl3N2O. The molecular weight excluding hydrogens is 319 g/mol. The van der Waals surface area contributed by atoms with Crippen LogP contribution < -0.4 is 11.1 Å². The number of rotatable bonds is 6. The summed E-state index contributed by atoms with van der Waals surface area (Å²) in [5, 5.41) is 4.18. The van der Waals surface area contributed by atoms with E-state index in [0.29, 0.717) is 29.3 Å². The summed E-state index contributed by atoms with van der Waals surface area (Å²) in [6.07, 6.45) is 1.83. The molecule has 114 valence electrons. The van der Waals surface area contributed by atoms with Crippen molar-refractivity contribution < 1.29 is 4.79 Å². The van der Waals surface area contributed by atoms with Gasteiger partial charge in [0.25, 0.3) is 0 Å². The fourth-order valence-electron chi connectivity index (χ4n) is 1.77. The van der Waals surface area contributed by atoms with E-state index in [2.05, 4.69) is 5.32 Å². The van der Waals surface area contributed by atoms with E-state index in [4.69, 9.17) is 28.9 Å². The predicted molar refractivity (Wildman–Crippen MR) is 87.9 cm³/mol. The van der Waals surface area contributed by atoms with Crippen LogP contribution in [0.1, 0.15) is 32.3 Å². The lowest BCUT2D eigenvalue weighted by atomic mass is 10.1. The minimum atomic E-state index is 0. The predicted octanol–water partition coefficient (Wildman–Crippen LogP) is 3.59. The highest BCUT2D eigenvalue weighted by Gasteiger charge is 2.11. The Hall–Kier alpha value is -0.480. The standard InChI is InChI=1S/C14H20Cl2N2O.ClH/c1-9(17)3-6-14(19)18-10(2)7-11-4-5-12(15)8-13(11)16;/h4-5,8-10H,3,6-7,17H2,1-2H3,(H,18,19);1H. The number of hydrogen-bond donors (Lipinski definition) is 2. The van der Waals surface area contributed by atoms with Gasteiger partial charge < -0.3 is 11.1 Å². The van der Waals surface area contributed by atoms with E-state index in [1.54, 1.807) is 12.1 Å². The van der Waals surface area contributed by atoms with Crippen molar-refractivity contribution in [2.45, 2.75) is 45.2 Å². The number of nitrogens with two attached hydrogens (primary N) is 1. The van der Waals surface area contributed by atoms with Gasteiger partial charge in [-0.3, -0.25) is 4.79 Å². The molecule has 0 heterocycles. The van der Waals surface area contributed by atoms with Crippen LogP contribution in [0, 0.1) is 0 Å². The molecule has 0 aliphatic heterocycles. The summed E-state index contributed by atoms with van der Waals surface area (Å²) in [5.74, 6) is 0.0230. The average Bonchev–Trinajstić information content (AvgIpc) is 2.30. The van der Waals surface area contributed by atoms with Crippen LogP contribution >= 0.6 is 35.6 Å². The summed E-state index contributed by atoms with van der Waals surface area (Å²) >= 11 is 11.9. The normalized spacial score (nSPS) is 13.2. The lowest BCUT2D eigenvalue weighted by Crippen LogP contribution is -2.34. The van der Waals surface area contributed by atoms with E-state index in [1.165, 1.54) is 0 Å². The van der Waals surface area contributed by atoms with E-state index < -0.39 is 0 Å². The van der Waals surface area contributed by atoms with Crippen LogP contribution in [0.15, 0.2) is 18.2 Å². The molecule has 3 N–H and O–H groups in total. The highest BCUT2D eigenvalue weighted by Crippen LogP contribution is 2.22. The number of hydrogen-bond acceptors (Lipinski definition) is 2. The van der Waals surface area contributed by atoms with Gasteiger partial charge in [-0.15, -0.1) is 12.4 Å². The molecule has 0 radical (unpaired) electrons. The van der Waals surface area contributed by atoms with Crippen molar-refractivity contribution in [1.82, 2.24) is 5.32 Å². The molecule has 1 aromatic rings. The Balaban J connectivity index is 0.00000361. The maximum Gasteiger partial charge on any atom is 0.220 e. The third-order valence-corrected chi connectivity index (χ3v) is 3.36. The van der Waals surface area contributed by atoms with Gasteiger partial charge in [-0.25, -0.2) is 0 Å². The highest BCUT2D eigenvalue weighted by atomic mass is 35.5. The zero-order valence-electron chi connectivity index (χ0n) is 11.7. The van der Waals surface area contributed by atoms with Crippen LogP contribution in [0.4, 0.5) is 0 Å². The molecule has 2 unspecified atom stereocenters. The average molecular weight is 340 g/mol. The third-order valence-electron chi connectivity index (χ3n) is 2.78. The number of carbonyl (C=O) groups is 1. The molecule has 1 rings (SSSR count). The van der Waals surface area contributed by atoms with Gasteiger partial charge in [0.2, 0.25) is 5.91 Å². The van der Waals surface area contributed by atoms with Crippen molar-refractivity contribution in [2.24, 2.45) is 5.73 Å². The van der Waals surface area contributed by atoms with E-state index in [1.807, 2.05) is 19.9 Å². The number of nitrogens with one attached hydrogen (secondary N) is 1. The molecule has 3 nitrogen and oxygen atoms in total. The van der Waals surface area contributed by atoms with Gasteiger partial charge in [-0.2, -0.15) is 0 Å². The first-order valence-electron chi connectivity index (χ1n) is 6.37. The van der Waals surface area contributed by atoms with Crippen LogP contribution in [-0.4, -0.2) is 18.0 Å². The van der Waals surface area contributed by atoms with Crippen LogP contribution in [-0.2, 0) is 11.2 Å². The minimum absolute atomic E-state index is 0. The second-order valence-corrected chi connectivity index (χ2v) is 5.77. The molecule has 0 bridgehead atoms. The number of benzene rings is 1. The van der Waals surface area contributed by atoms with Crippen LogP contribution in [0.5, 0.6) is 0 Å². The topological polar surface area (TPSA) is 55.1 Å². The van der Waals surface area contributed by atoms with Crippen LogP contribution in [0.2, 0.25) is 10.0 Å². The SMILES string of the molecule is CC(N)CCC(=O)NC(C)Cc1ccc(Cl)cc1Cl.Cl. The van der Waals surface area contributed by atoms with Crippen LogP contribution in [0.3, 0.4) is 0 Å². The molecule has 0 aliphatic carbocycles. The molecule has 20 heavy (non-hydrogen) atoms. The van der Waals surface area contributed by atoms with E-state index >= 15 is 0 Å². The lowest BCUT2D eigenvalue weighted by molar-refractivity contribution is -0.121. The van der Waals surface area contributed by atoms with Crippen molar-refractivity contribution in [1.29, 1.82) is 0 Å². The summed E-state index contributed by atoms with van der Waals surface area (Å²) in [7, 11) is 0. The van der Waals surface area contributed by atoms with Gasteiger partial charge in [0.05, 0.1) is 0 Å². The molecule has 1 amide bonds. The van der Waals surface area contributed by atoms with Crippen molar-refractivity contribution in [2.75, 3.05) is 0 Å². The van der Waals surface area contributed by atoms with Gasteiger partial charge in [0.1, 0.15) is 0 Å². The molecule has 0 aliphatic rings. The smallest absolute Gasteiger partial charge is 0.220 e. The van der Waals surface area contributed by atoms with Crippen molar-refractivity contribution in [3.63, 3.8) is 0 Å². The largest absolute Gasteiger partial charge is 0.353 e. The molecule has 2 atom stereocenters. The first-order valence-corrected chi connectivity index (χ1v) is 7.13. The lowest BCUT2D eigenvalue weighted by Gasteiger charge is -2.15. The fourth-order valence-corrected chi connectivity index (χ4v) is 2.26. The van der Waals surface area contributed by atoms with Crippen molar-refractivity contribution >= 4 is 41.5 Å². The van der Waals surface area contributed by atoms with E-state index in [9.17, 15) is 4.79 Å². The Morgan fingerprint density at radius 2 is 2.00 bits per heavy atom. The quantitative estimate of drug-likeness (QED) is 0.832. The van der Waals surface area contributed by atoms with Gasteiger partial charge >= 0.3 is 0 Å². The van der Waals surface area contributed by atoms with Gasteiger partial charge in [0.15, 0.2) is 0 Å². The number of amides is 1. The summed E-state index contributed by atoms with van der Waals surface area (Å²) in [4.78, 5) is 11.7. The van der Waals surface area contributed by atoms with Crippen molar-refractivity contribution in [3.05, 3.63) is 33.8 Å². The fraction of sp³-hybridized carbons (Fsp3) is 0.500. The molecule has 0 fully saturated rings. The number of halogens is 3. The molecule has 6 heteroatoms. The zero-order valence-corrected chi connectivity index (χ0v) is 14.0. The second-order valence-electron chi connectivity index (χ2n) is 4.92. The highest BCUT2D eigenvalue weighted by molar-refractivity contribution is 6.35. The summed E-state index contributed by atoms with van der Waals surface area (Å²) in [5.41, 5.74) is 6.60. The molecule has 0 spiro atoms. The Kier molecular flexibility index (Phi) is 9.23. The monoisotopic (exact) mass is 338 g/mol. The maximum absolute atomic E-state index is 11.7. The Morgan fingerprint density at radius 3 is 2.55 bits per heavy atom. The zero-order chi connectivity index (χ0) is 14.4. The second kappa shape index (κ2) is 9.46. The summed E-state index contributed by atoms with van der Waals surface area (Å²) in [6, 6.07) is 5.47. The minimum Gasteiger partial charge on any atom is -0.353 e. The first kappa shape index (κ1) is 19.5. The molecule has 0 saturated heterocycles. The summed E-state index contributed by atoms with van der Waals surface area (Å²) < 4.78 is 0. The van der Waals surface area contributed by atoms with E-state index in [-0.39, 0.29) is 30.4 Å². The van der Waals surface area contributed by atoms with Gasteiger partial charge in [-0.05, 0) is 44.4 Å². The maximum atomic E-state index is 11.7. The third kappa shape index (κ3) is 7.34. The Labute approximate surface area is 136 Å². The molecule has 0 aromatic heterocycles. The molecule has 0 saturated carbocycles. The van der Waals surface area contributed by atoms with Crippen molar-refractivity contribution in [3.8, 4) is 0 Å². The Morgan fingerprint density at radius 1 is 1.35 bits per heavy atom. The summed E-state index contributed by atoms with van der Waals surface area (Å²) in [6.45, 7) is 3.85. The first-order chi connectivity index (χ1) is 8.88. The van der Waals surface area contributed by atoms with E-state index in [0.717, 1.165) is 5.56 Å². The number of carbonyl (C=O) groups excluding carboxylic acids is 1. The van der Waals surface area contributed by atoms with Crippen LogP contribution in [0.25, 0.3) is 0 Å².